The highest BCUT2D eigenvalue weighted by Crippen LogP contribution is 2.13. The molecule has 0 bridgehead atoms. The predicted octanol–water partition coefficient (Wildman–Crippen LogP) is 3.59. The molecule has 0 spiro atoms. The van der Waals surface area contributed by atoms with Crippen LogP contribution in [0, 0.1) is 18.3 Å². The maximum atomic E-state index is 5.51. The molecule has 0 amide bonds. The summed E-state index contributed by atoms with van der Waals surface area (Å²) in [6.07, 6.45) is 11.4. The van der Waals surface area contributed by atoms with E-state index in [9.17, 15) is 0 Å². The van der Waals surface area contributed by atoms with Crippen LogP contribution in [0.4, 0.5) is 0 Å². The van der Waals surface area contributed by atoms with Gasteiger partial charge < -0.3 is 5.32 Å². The summed E-state index contributed by atoms with van der Waals surface area (Å²) in [4.78, 5) is 0. The van der Waals surface area contributed by atoms with E-state index in [1.807, 2.05) is 0 Å². The van der Waals surface area contributed by atoms with Crippen molar-refractivity contribution in [2.24, 2.45) is 5.92 Å². The Morgan fingerprint density at radius 3 is 2.27 bits per heavy atom. The molecule has 0 saturated heterocycles. The summed E-state index contributed by atoms with van der Waals surface area (Å²) in [6.45, 7) is 8.98. The smallest absolute Gasteiger partial charge is 0.0688 e. The second kappa shape index (κ2) is 8.80. The summed E-state index contributed by atoms with van der Waals surface area (Å²) < 4.78 is 0. The minimum Gasteiger partial charge on any atom is -0.301 e. The summed E-state index contributed by atoms with van der Waals surface area (Å²) in [5.74, 6) is 3.64. The van der Waals surface area contributed by atoms with Crippen LogP contribution in [0.15, 0.2) is 0 Å². The molecular weight excluding hydrogens is 182 g/mol. The SMILES string of the molecule is C#CC(CCC)NC(CC)CC(C)CC. The molecule has 0 rings (SSSR count). The minimum atomic E-state index is 0.268. The number of terminal acetylenes is 1. The lowest BCUT2D eigenvalue weighted by molar-refractivity contribution is 0.363. The molecule has 0 heterocycles. The zero-order valence-electron chi connectivity index (χ0n) is 10.8. The van der Waals surface area contributed by atoms with Gasteiger partial charge in [0, 0.05) is 6.04 Å². The third-order valence-corrected chi connectivity index (χ3v) is 3.09. The molecular formula is C14H27N. The maximum absolute atomic E-state index is 5.51. The second-order valence-corrected chi connectivity index (χ2v) is 4.53. The van der Waals surface area contributed by atoms with Gasteiger partial charge in [-0.1, -0.05) is 46.5 Å². The number of hydrogen-bond acceptors (Lipinski definition) is 1. The number of rotatable bonds is 8. The maximum Gasteiger partial charge on any atom is 0.0688 e. The normalized spacial score (nSPS) is 16.7. The molecule has 0 aromatic rings. The fourth-order valence-corrected chi connectivity index (χ4v) is 1.79. The van der Waals surface area contributed by atoms with E-state index in [4.69, 9.17) is 6.42 Å². The van der Waals surface area contributed by atoms with E-state index >= 15 is 0 Å². The molecule has 0 aliphatic rings. The number of hydrogen-bond donors (Lipinski definition) is 1. The quantitative estimate of drug-likeness (QED) is 0.602. The Kier molecular flexibility index (Phi) is 8.52. The van der Waals surface area contributed by atoms with E-state index in [2.05, 4.69) is 38.9 Å². The first-order valence-corrected chi connectivity index (χ1v) is 6.39. The van der Waals surface area contributed by atoms with Crippen LogP contribution in [-0.2, 0) is 0 Å². The van der Waals surface area contributed by atoms with Crippen molar-refractivity contribution < 1.29 is 0 Å². The van der Waals surface area contributed by atoms with Crippen molar-refractivity contribution in [3.05, 3.63) is 0 Å². The Morgan fingerprint density at radius 1 is 1.20 bits per heavy atom. The lowest BCUT2D eigenvalue weighted by atomic mass is 9.97. The van der Waals surface area contributed by atoms with Gasteiger partial charge in [-0.15, -0.1) is 6.42 Å². The fraction of sp³-hybridized carbons (Fsp3) is 0.857. The summed E-state index contributed by atoms with van der Waals surface area (Å²) in [7, 11) is 0. The Hall–Kier alpha value is -0.480. The minimum absolute atomic E-state index is 0.268. The lowest BCUT2D eigenvalue weighted by Crippen LogP contribution is -2.38. The molecule has 0 aliphatic heterocycles. The standard InChI is InChI=1S/C14H27N/c1-6-10-13(8-3)15-14(9-4)11-12(5)7-2/h3,12-15H,6-7,9-11H2,1-2,4-5H3. The van der Waals surface area contributed by atoms with Crippen molar-refractivity contribution in [1.82, 2.24) is 5.32 Å². The summed E-state index contributed by atoms with van der Waals surface area (Å²) in [5, 5.41) is 3.58. The Balaban J connectivity index is 4.01. The molecule has 15 heavy (non-hydrogen) atoms. The molecule has 0 aliphatic carbocycles. The van der Waals surface area contributed by atoms with Gasteiger partial charge in [-0.3, -0.25) is 0 Å². The molecule has 3 unspecified atom stereocenters. The summed E-state index contributed by atoms with van der Waals surface area (Å²) in [5.41, 5.74) is 0. The zero-order valence-corrected chi connectivity index (χ0v) is 10.8. The number of nitrogens with one attached hydrogen (secondary N) is 1. The van der Waals surface area contributed by atoms with E-state index in [1.54, 1.807) is 0 Å². The van der Waals surface area contributed by atoms with Crippen LogP contribution in [0.25, 0.3) is 0 Å². The third kappa shape index (κ3) is 6.57. The average Bonchev–Trinajstić information content (AvgIpc) is 2.26. The van der Waals surface area contributed by atoms with E-state index < -0.39 is 0 Å². The molecule has 1 nitrogen and oxygen atoms in total. The topological polar surface area (TPSA) is 12.0 Å². The zero-order chi connectivity index (χ0) is 11.7. The van der Waals surface area contributed by atoms with Crippen LogP contribution in [0.5, 0.6) is 0 Å². The van der Waals surface area contributed by atoms with Gasteiger partial charge in [0.05, 0.1) is 6.04 Å². The van der Waals surface area contributed by atoms with Crippen LogP contribution >= 0.6 is 0 Å². The van der Waals surface area contributed by atoms with Gasteiger partial charge in [0.2, 0.25) is 0 Å². The van der Waals surface area contributed by atoms with Crippen LogP contribution in [0.2, 0.25) is 0 Å². The molecule has 0 saturated carbocycles. The van der Waals surface area contributed by atoms with Gasteiger partial charge >= 0.3 is 0 Å². The third-order valence-electron chi connectivity index (χ3n) is 3.09. The van der Waals surface area contributed by atoms with Crippen LogP contribution in [-0.4, -0.2) is 12.1 Å². The van der Waals surface area contributed by atoms with Gasteiger partial charge in [-0.05, 0) is 25.2 Å². The molecule has 0 fully saturated rings. The van der Waals surface area contributed by atoms with Crippen LogP contribution in [0.1, 0.15) is 59.8 Å². The largest absolute Gasteiger partial charge is 0.301 e. The highest BCUT2D eigenvalue weighted by Gasteiger charge is 2.13. The molecule has 3 atom stereocenters. The van der Waals surface area contributed by atoms with Gasteiger partial charge in [0.1, 0.15) is 0 Å². The molecule has 0 aromatic carbocycles. The van der Waals surface area contributed by atoms with Crippen molar-refractivity contribution in [3.63, 3.8) is 0 Å². The van der Waals surface area contributed by atoms with Gasteiger partial charge in [0.25, 0.3) is 0 Å². The molecule has 1 N–H and O–H groups in total. The first-order valence-electron chi connectivity index (χ1n) is 6.39. The van der Waals surface area contributed by atoms with Crippen molar-refractivity contribution in [2.45, 2.75) is 71.9 Å². The van der Waals surface area contributed by atoms with Gasteiger partial charge in [-0.25, -0.2) is 0 Å². The molecule has 0 aromatic heterocycles. The lowest BCUT2D eigenvalue weighted by Gasteiger charge is -2.23. The highest BCUT2D eigenvalue weighted by atomic mass is 14.9. The van der Waals surface area contributed by atoms with Crippen molar-refractivity contribution >= 4 is 0 Å². The van der Waals surface area contributed by atoms with Crippen LogP contribution < -0.4 is 5.32 Å². The van der Waals surface area contributed by atoms with Crippen molar-refractivity contribution in [1.29, 1.82) is 0 Å². The van der Waals surface area contributed by atoms with E-state index in [1.165, 1.54) is 19.3 Å². The Labute approximate surface area is 96.0 Å². The Morgan fingerprint density at radius 2 is 1.87 bits per heavy atom. The molecule has 88 valence electrons. The van der Waals surface area contributed by atoms with Crippen molar-refractivity contribution in [3.8, 4) is 12.3 Å². The fourth-order valence-electron chi connectivity index (χ4n) is 1.79. The summed E-state index contributed by atoms with van der Waals surface area (Å²) in [6, 6.07) is 0.858. The molecule has 1 heteroatoms. The monoisotopic (exact) mass is 209 g/mol. The van der Waals surface area contributed by atoms with Crippen LogP contribution in [0.3, 0.4) is 0 Å². The Bertz CT molecular complexity index is 180. The molecule has 0 radical (unpaired) electrons. The predicted molar refractivity (Wildman–Crippen MR) is 68.8 cm³/mol. The average molecular weight is 209 g/mol. The van der Waals surface area contributed by atoms with Gasteiger partial charge in [0.15, 0.2) is 0 Å². The van der Waals surface area contributed by atoms with Crippen molar-refractivity contribution in [2.75, 3.05) is 0 Å². The van der Waals surface area contributed by atoms with Gasteiger partial charge in [-0.2, -0.15) is 0 Å². The second-order valence-electron chi connectivity index (χ2n) is 4.53. The highest BCUT2D eigenvalue weighted by molar-refractivity contribution is 4.99. The first kappa shape index (κ1) is 14.5. The van der Waals surface area contributed by atoms with E-state index in [0.717, 1.165) is 18.8 Å². The van der Waals surface area contributed by atoms with E-state index in [0.29, 0.717) is 6.04 Å². The summed E-state index contributed by atoms with van der Waals surface area (Å²) >= 11 is 0. The van der Waals surface area contributed by atoms with E-state index in [-0.39, 0.29) is 6.04 Å². The first-order chi connectivity index (χ1) is 7.17.